The number of aryl methyl sites for hydroxylation is 2. The van der Waals surface area contributed by atoms with Gasteiger partial charge in [-0.05, 0) is 25.0 Å². The molecule has 28 heavy (non-hydrogen) atoms. The smallest absolute Gasteiger partial charge is 0.223 e. The van der Waals surface area contributed by atoms with Gasteiger partial charge in [0.15, 0.2) is 11.6 Å². The first-order valence-corrected chi connectivity index (χ1v) is 9.77. The molecule has 146 valence electrons. The molecule has 0 unspecified atom stereocenters. The molecule has 0 N–H and O–H groups in total. The predicted octanol–water partition coefficient (Wildman–Crippen LogP) is 2.50. The average Bonchev–Trinajstić information content (AvgIpc) is 3.00. The number of rotatable bonds is 5. The van der Waals surface area contributed by atoms with Gasteiger partial charge in [-0.3, -0.25) is 9.88 Å². The van der Waals surface area contributed by atoms with Gasteiger partial charge in [-0.2, -0.15) is 4.98 Å². The second-order valence-corrected chi connectivity index (χ2v) is 6.96. The molecule has 1 fully saturated rings. The summed E-state index contributed by atoms with van der Waals surface area (Å²) < 4.78 is 5.09. The standard InChI is InChI=1S/C20H25N7O/c1-3-16-13-19(24-20(23-16)17-7-4-5-8-21-17)27-10-6-9-26(11-12-27)14-18-22-15(2)28-25-18/h4-5,7-8,13H,3,6,9-12,14H2,1-2H3. The first-order valence-electron chi connectivity index (χ1n) is 9.77. The lowest BCUT2D eigenvalue weighted by Gasteiger charge is -2.23. The number of hydrogen-bond donors (Lipinski definition) is 0. The summed E-state index contributed by atoms with van der Waals surface area (Å²) in [5.41, 5.74) is 1.84. The van der Waals surface area contributed by atoms with Crippen molar-refractivity contribution in [1.29, 1.82) is 0 Å². The zero-order valence-corrected chi connectivity index (χ0v) is 16.4. The van der Waals surface area contributed by atoms with Crippen LogP contribution in [0.2, 0.25) is 0 Å². The van der Waals surface area contributed by atoms with Gasteiger partial charge in [0.2, 0.25) is 5.89 Å². The molecule has 0 spiro atoms. The van der Waals surface area contributed by atoms with Crippen LogP contribution < -0.4 is 4.90 Å². The Labute approximate surface area is 164 Å². The van der Waals surface area contributed by atoms with Crippen LogP contribution in [0.1, 0.15) is 30.8 Å². The van der Waals surface area contributed by atoms with E-state index in [0.717, 1.165) is 62.1 Å². The molecular weight excluding hydrogens is 354 g/mol. The van der Waals surface area contributed by atoms with Crippen LogP contribution in [-0.4, -0.2) is 56.2 Å². The summed E-state index contributed by atoms with van der Waals surface area (Å²) in [6.07, 6.45) is 3.70. The summed E-state index contributed by atoms with van der Waals surface area (Å²) in [5.74, 6) is 3.03. The maximum atomic E-state index is 5.09. The highest BCUT2D eigenvalue weighted by atomic mass is 16.5. The van der Waals surface area contributed by atoms with E-state index < -0.39 is 0 Å². The molecule has 3 aromatic heterocycles. The van der Waals surface area contributed by atoms with E-state index in [-0.39, 0.29) is 0 Å². The highest BCUT2D eigenvalue weighted by Gasteiger charge is 2.19. The van der Waals surface area contributed by atoms with Crippen molar-refractivity contribution >= 4 is 5.82 Å². The van der Waals surface area contributed by atoms with Gasteiger partial charge >= 0.3 is 0 Å². The molecule has 1 aliphatic heterocycles. The van der Waals surface area contributed by atoms with Crippen LogP contribution in [0.15, 0.2) is 35.0 Å². The molecule has 0 amide bonds. The molecule has 1 aliphatic rings. The number of anilines is 1. The van der Waals surface area contributed by atoms with Crippen LogP contribution in [0.25, 0.3) is 11.5 Å². The molecule has 0 aliphatic carbocycles. The van der Waals surface area contributed by atoms with E-state index in [1.807, 2.05) is 25.1 Å². The predicted molar refractivity (Wildman–Crippen MR) is 106 cm³/mol. The number of pyridine rings is 1. The Bertz CT molecular complexity index is 912. The third-order valence-corrected chi connectivity index (χ3v) is 4.87. The topological polar surface area (TPSA) is 84.1 Å². The first-order chi connectivity index (χ1) is 13.7. The van der Waals surface area contributed by atoms with Gasteiger partial charge in [-0.1, -0.05) is 18.1 Å². The molecule has 8 heteroatoms. The van der Waals surface area contributed by atoms with Crippen molar-refractivity contribution in [3.63, 3.8) is 0 Å². The largest absolute Gasteiger partial charge is 0.355 e. The van der Waals surface area contributed by atoms with Crippen molar-refractivity contribution < 1.29 is 4.52 Å². The van der Waals surface area contributed by atoms with Crippen LogP contribution in [-0.2, 0) is 13.0 Å². The van der Waals surface area contributed by atoms with E-state index in [1.54, 1.807) is 6.20 Å². The maximum Gasteiger partial charge on any atom is 0.223 e. The normalized spacial score (nSPS) is 15.6. The van der Waals surface area contributed by atoms with Crippen LogP contribution in [0.5, 0.6) is 0 Å². The molecule has 4 rings (SSSR count). The zero-order valence-electron chi connectivity index (χ0n) is 16.4. The molecule has 0 atom stereocenters. The van der Waals surface area contributed by atoms with Crippen molar-refractivity contribution in [3.8, 4) is 11.5 Å². The minimum absolute atomic E-state index is 0.613. The molecule has 8 nitrogen and oxygen atoms in total. The van der Waals surface area contributed by atoms with Crippen molar-refractivity contribution in [1.82, 2.24) is 30.0 Å². The Balaban J connectivity index is 1.50. The Kier molecular flexibility index (Phi) is 5.57. The van der Waals surface area contributed by atoms with Gasteiger partial charge in [0.05, 0.1) is 6.54 Å². The van der Waals surface area contributed by atoms with E-state index in [9.17, 15) is 0 Å². The average molecular weight is 379 g/mol. The molecule has 0 bridgehead atoms. The third-order valence-electron chi connectivity index (χ3n) is 4.87. The van der Waals surface area contributed by atoms with E-state index >= 15 is 0 Å². The highest BCUT2D eigenvalue weighted by molar-refractivity contribution is 5.53. The van der Waals surface area contributed by atoms with Gasteiger partial charge < -0.3 is 9.42 Å². The van der Waals surface area contributed by atoms with E-state index in [4.69, 9.17) is 9.51 Å². The number of aromatic nitrogens is 5. The lowest BCUT2D eigenvalue weighted by atomic mass is 10.2. The second kappa shape index (κ2) is 8.43. The van der Waals surface area contributed by atoms with Gasteiger partial charge in [0.1, 0.15) is 11.5 Å². The van der Waals surface area contributed by atoms with Gasteiger partial charge in [-0.15, -0.1) is 0 Å². The highest BCUT2D eigenvalue weighted by Crippen LogP contribution is 2.20. The molecule has 0 aromatic carbocycles. The molecule has 0 radical (unpaired) electrons. The zero-order chi connectivity index (χ0) is 19.3. The molecule has 0 saturated carbocycles. The van der Waals surface area contributed by atoms with Crippen LogP contribution in [0.4, 0.5) is 5.82 Å². The Morgan fingerprint density at radius 3 is 2.75 bits per heavy atom. The van der Waals surface area contributed by atoms with Crippen LogP contribution >= 0.6 is 0 Å². The van der Waals surface area contributed by atoms with Gasteiger partial charge in [-0.25, -0.2) is 9.97 Å². The van der Waals surface area contributed by atoms with Crippen LogP contribution in [0, 0.1) is 6.92 Å². The van der Waals surface area contributed by atoms with Gasteiger partial charge in [0, 0.05) is 51.1 Å². The van der Waals surface area contributed by atoms with Crippen molar-refractivity contribution in [2.45, 2.75) is 33.2 Å². The monoisotopic (exact) mass is 379 g/mol. The molecular formula is C20H25N7O. The fourth-order valence-corrected chi connectivity index (χ4v) is 3.40. The van der Waals surface area contributed by atoms with Gasteiger partial charge in [0.25, 0.3) is 0 Å². The van der Waals surface area contributed by atoms with Crippen molar-refractivity contribution in [2.24, 2.45) is 0 Å². The fourth-order valence-electron chi connectivity index (χ4n) is 3.40. The summed E-state index contributed by atoms with van der Waals surface area (Å²) in [7, 11) is 0. The quantitative estimate of drug-likeness (QED) is 0.669. The van der Waals surface area contributed by atoms with Crippen LogP contribution in [0.3, 0.4) is 0 Å². The Morgan fingerprint density at radius 1 is 1.07 bits per heavy atom. The summed E-state index contributed by atoms with van der Waals surface area (Å²) >= 11 is 0. The van der Waals surface area contributed by atoms with Crippen molar-refractivity contribution in [2.75, 3.05) is 31.1 Å². The Hall–Kier alpha value is -2.87. The summed E-state index contributed by atoms with van der Waals surface area (Å²) in [5, 5.41) is 4.02. The number of nitrogens with zero attached hydrogens (tertiary/aromatic N) is 7. The Morgan fingerprint density at radius 2 is 2.00 bits per heavy atom. The summed E-state index contributed by atoms with van der Waals surface area (Å²) in [6, 6.07) is 7.93. The maximum absolute atomic E-state index is 5.09. The van der Waals surface area contributed by atoms with E-state index in [1.165, 1.54) is 0 Å². The summed E-state index contributed by atoms with van der Waals surface area (Å²) in [4.78, 5) is 22.9. The SMILES string of the molecule is CCc1cc(N2CCCN(Cc3noc(C)n3)CC2)nc(-c2ccccn2)n1. The third kappa shape index (κ3) is 4.33. The lowest BCUT2D eigenvalue weighted by Crippen LogP contribution is -2.31. The fraction of sp³-hybridized carbons (Fsp3) is 0.450. The molecule has 3 aromatic rings. The molecule has 1 saturated heterocycles. The van der Waals surface area contributed by atoms with E-state index in [0.29, 0.717) is 18.3 Å². The minimum atomic E-state index is 0.613. The lowest BCUT2D eigenvalue weighted by molar-refractivity contribution is 0.272. The molecule has 4 heterocycles. The minimum Gasteiger partial charge on any atom is -0.355 e. The number of hydrogen-bond acceptors (Lipinski definition) is 8. The van der Waals surface area contributed by atoms with Crippen molar-refractivity contribution in [3.05, 3.63) is 47.9 Å². The first kappa shape index (κ1) is 18.5. The van der Waals surface area contributed by atoms with E-state index in [2.05, 4.69) is 42.9 Å². The second-order valence-electron chi connectivity index (χ2n) is 6.96. The summed E-state index contributed by atoms with van der Waals surface area (Å²) in [6.45, 7) is 8.45.